The highest BCUT2D eigenvalue weighted by molar-refractivity contribution is 5.93. The fourth-order valence-corrected chi connectivity index (χ4v) is 2.11. The number of nitrogens with one attached hydrogen (secondary N) is 2. The first kappa shape index (κ1) is 13.3. The Kier molecular flexibility index (Phi) is 3.96. The van der Waals surface area contributed by atoms with Crippen molar-refractivity contribution >= 4 is 23.0 Å². The predicted octanol–water partition coefficient (Wildman–Crippen LogP) is 0.963. The van der Waals surface area contributed by atoms with E-state index in [9.17, 15) is 14.9 Å². The molecule has 2 rings (SSSR count). The molecule has 19 heavy (non-hydrogen) atoms. The topological polar surface area (TPSA) is 87.5 Å². The molecule has 0 atom stereocenters. The van der Waals surface area contributed by atoms with E-state index in [0.29, 0.717) is 5.69 Å². The first-order valence-electron chi connectivity index (χ1n) is 6.09. The van der Waals surface area contributed by atoms with Crippen molar-refractivity contribution in [1.29, 1.82) is 0 Å². The fraction of sp³-hybridized carbons (Fsp3) is 0.417. The molecule has 7 nitrogen and oxygen atoms in total. The molecule has 0 saturated carbocycles. The number of carbonyl (C=O) groups excluding carboxylic acids is 1. The molecule has 1 aromatic rings. The maximum absolute atomic E-state index is 11.2. The number of hydrogen-bond donors (Lipinski definition) is 2. The summed E-state index contributed by atoms with van der Waals surface area (Å²) in [7, 11) is 0. The number of piperazine rings is 1. The van der Waals surface area contributed by atoms with E-state index < -0.39 is 4.92 Å². The van der Waals surface area contributed by atoms with Crippen molar-refractivity contribution in [3.05, 3.63) is 28.3 Å². The van der Waals surface area contributed by atoms with E-state index in [1.807, 2.05) is 0 Å². The summed E-state index contributed by atoms with van der Waals surface area (Å²) in [5.41, 5.74) is 1.29. The number of rotatable bonds is 3. The zero-order chi connectivity index (χ0) is 13.8. The molecular formula is C12H16N4O3. The summed E-state index contributed by atoms with van der Waals surface area (Å²) in [6.45, 7) is 4.72. The number of nitro benzene ring substituents is 1. The van der Waals surface area contributed by atoms with Crippen molar-refractivity contribution < 1.29 is 9.72 Å². The molecule has 1 aliphatic heterocycles. The molecule has 1 saturated heterocycles. The zero-order valence-electron chi connectivity index (χ0n) is 10.7. The fourth-order valence-electron chi connectivity index (χ4n) is 2.11. The highest BCUT2D eigenvalue weighted by atomic mass is 16.6. The summed E-state index contributed by atoms with van der Waals surface area (Å²) in [5, 5.41) is 16.7. The summed E-state index contributed by atoms with van der Waals surface area (Å²) in [4.78, 5) is 23.7. The summed E-state index contributed by atoms with van der Waals surface area (Å²) < 4.78 is 0. The van der Waals surface area contributed by atoms with Gasteiger partial charge in [0.25, 0.3) is 5.69 Å². The molecule has 0 aromatic heterocycles. The minimum atomic E-state index is -0.465. The molecule has 1 aromatic carbocycles. The molecule has 1 aliphatic rings. The minimum absolute atomic E-state index is 0.0253. The van der Waals surface area contributed by atoms with Crippen LogP contribution in [0.1, 0.15) is 6.92 Å². The minimum Gasteiger partial charge on any atom is -0.367 e. The predicted molar refractivity (Wildman–Crippen MR) is 72.5 cm³/mol. The Morgan fingerprint density at radius 1 is 1.42 bits per heavy atom. The molecule has 2 N–H and O–H groups in total. The Balaban J connectivity index is 2.34. The Morgan fingerprint density at radius 2 is 2.11 bits per heavy atom. The lowest BCUT2D eigenvalue weighted by Gasteiger charge is -2.30. The monoisotopic (exact) mass is 264 g/mol. The molecule has 0 spiro atoms. The number of nitro groups is 1. The Morgan fingerprint density at radius 3 is 2.68 bits per heavy atom. The third-order valence-electron chi connectivity index (χ3n) is 2.96. The van der Waals surface area contributed by atoms with Crippen molar-refractivity contribution in [3.63, 3.8) is 0 Å². The van der Waals surface area contributed by atoms with Crippen LogP contribution in [-0.2, 0) is 4.79 Å². The van der Waals surface area contributed by atoms with Gasteiger partial charge in [-0.2, -0.15) is 0 Å². The quantitative estimate of drug-likeness (QED) is 0.627. The Bertz CT molecular complexity index is 498. The van der Waals surface area contributed by atoms with E-state index in [-0.39, 0.29) is 11.6 Å². The summed E-state index contributed by atoms with van der Waals surface area (Å²) >= 11 is 0. The van der Waals surface area contributed by atoms with Crippen molar-refractivity contribution in [3.8, 4) is 0 Å². The standard InChI is InChI=1S/C12H16N4O3/c1-9(17)14-11-8-10(16(18)19)2-3-12(11)15-6-4-13-5-7-15/h2-3,8,13H,4-7H2,1H3,(H,14,17). The highest BCUT2D eigenvalue weighted by Gasteiger charge is 2.18. The molecule has 102 valence electrons. The number of non-ortho nitro benzene ring substituents is 1. The summed E-state index contributed by atoms with van der Waals surface area (Å²) in [6, 6.07) is 4.55. The SMILES string of the molecule is CC(=O)Nc1cc([N+](=O)[O-])ccc1N1CCNCC1. The summed E-state index contributed by atoms with van der Waals surface area (Å²) in [5.74, 6) is -0.239. The van der Waals surface area contributed by atoms with E-state index in [4.69, 9.17) is 0 Å². The van der Waals surface area contributed by atoms with Gasteiger partial charge in [-0.25, -0.2) is 0 Å². The number of nitrogens with zero attached hydrogens (tertiary/aromatic N) is 2. The lowest BCUT2D eigenvalue weighted by atomic mass is 10.2. The van der Waals surface area contributed by atoms with E-state index in [1.54, 1.807) is 6.07 Å². The van der Waals surface area contributed by atoms with Crippen molar-refractivity contribution in [1.82, 2.24) is 5.32 Å². The maximum Gasteiger partial charge on any atom is 0.271 e. The van der Waals surface area contributed by atoms with Crippen LogP contribution in [0.15, 0.2) is 18.2 Å². The maximum atomic E-state index is 11.2. The van der Waals surface area contributed by atoms with E-state index >= 15 is 0 Å². The first-order chi connectivity index (χ1) is 9.08. The number of amides is 1. The van der Waals surface area contributed by atoms with Gasteiger partial charge in [0, 0.05) is 45.2 Å². The summed E-state index contributed by atoms with van der Waals surface area (Å²) in [6.07, 6.45) is 0. The van der Waals surface area contributed by atoms with Crippen LogP contribution in [0.4, 0.5) is 17.1 Å². The van der Waals surface area contributed by atoms with Gasteiger partial charge < -0.3 is 15.5 Å². The molecule has 0 aliphatic carbocycles. The van der Waals surface area contributed by atoms with Gasteiger partial charge in [-0.1, -0.05) is 0 Å². The van der Waals surface area contributed by atoms with Crippen LogP contribution >= 0.6 is 0 Å². The molecule has 7 heteroatoms. The second kappa shape index (κ2) is 5.66. The highest BCUT2D eigenvalue weighted by Crippen LogP contribution is 2.30. The van der Waals surface area contributed by atoms with E-state index in [1.165, 1.54) is 19.1 Å². The molecule has 1 amide bonds. The van der Waals surface area contributed by atoms with E-state index in [2.05, 4.69) is 15.5 Å². The van der Waals surface area contributed by atoms with Crippen LogP contribution in [-0.4, -0.2) is 37.0 Å². The van der Waals surface area contributed by atoms with Gasteiger partial charge in [0.15, 0.2) is 0 Å². The largest absolute Gasteiger partial charge is 0.367 e. The molecule has 0 bridgehead atoms. The van der Waals surface area contributed by atoms with Crippen LogP contribution in [0.25, 0.3) is 0 Å². The molecule has 1 fully saturated rings. The lowest BCUT2D eigenvalue weighted by Crippen LogP contribution is -2.43. The van der Waals surface area contributed by atoms with Crippen LogP contribution in [0.3, 0.4) is 0 Å². The number of carbonyl (C=O) groups is 1. The van der Waals surface area contributed by atoms with Crippen LogP contribution in [0.2, 0.25) is 0 Å². The number of benzene rings is 1. The molecule has 0 unspecified atom stereocenters. The Hall–Kier alpha value is -2.15. The Labute approximate surface area is 110 Å². The second-order valence-electron chi connectivity index (χ2n) is 4.38. The normalized spacial score (nSPS) is 15.1. The van der Waals surface area contributed by atoms with Crippen LogP contribution in [0.5, 0.6) is 0 Å². The smallest absolute Gasteiger partial charge is 0.271 e. The van der Waals surface area contributed by atoms with Gasteiger partial charge >= 0.3 is 0 Å². The lowest BCUT2D eigenvalue weighted by molar-refractivity contribution is -0.384. The van der Waals surface area contributed by atoms with E-state index in [0.717, 1.165) is 31.9 Å². The number of anilines is 2. The average molecular weight is 264 g/mol. The van der Waals surface area contributed by atoms with Gasteiger partial charge in [0.1, 0.15) is 0 Å². The van der Waals surface area contributed by atoms with Gasteiger partial charge in [-0.05, 0) is 6.07 Å². The van der Waals surface area contributed by atoms with Gasteiger partial charge in [0.2, 0.25) is 5.91 Å². The average Bonchev–Trinajstić information content (AvgIpc) is 2.39. The first-order valence-corrected chi connectivity index (χ1v) is 6.09. The second-order valence-corrected chi connectivity index (χ2v) is 4.38. The van der Waals surface area contributed by atoms with Crippen molar-refractivity contribution in [2.24, 2.45) is 0 Å². The van der Waals surface area contributed by atoms with Gasteiger partial charge in [-0.15, -0.1) is 0 Å². The van der Waals surface area contributed by atoms with Crippen LogP contribution < -0.4 is 15.5 Å². The zero-order valence-corrected chi connectivity index (χ0v) is 10.7. The van der Waals surface area contributed by atoms with Gasteiger partial charge in [0.05, 0.1) is 16.3 Å². The third-order valence-corrected chi connectivity index (χ3v) is 2.96. The van der Waals surface area contributed by atoms with Gasteiger partial charge in [-0.3, -0.25) is 14.9 Å². The molecule has 1 heterocycles. The van der Waals surface area contributed by atoms with Crippen molar-refractivity contribution in [2.45, 2.75) is 6.92 Å². The third kappa shape index (κ3) is 3.19. The molecule has 0 radical (unpaired) electrons. The molecular weight excluding hydrogens is 248 g/mol. The van der Waals surface area contributed by atoms with Crippen LogP contribution in [0, 0.1) is 10.1 Å². The number of hydrogen-bond acceptors (Lipinski definition) is 5. The van der Waals surface area contributed by atoms with Crippen molar-refractivity contribution in [2.75, 3.05) is 36.4 Å².